The molecule has 1 aromatic heterocycles. The van der Waals surface area contributed by atoms with Crippen LogP contribution in [0.2, 0.25) is 0 Å². The van der Waals surface area contributed by atoms with Gasteiger partial charge in [0.15, 0.2) is 0 Å². The number of fused-ring (bicyclic) bond motifs is 1. The minimum atomic E-state index is -0.271. The number of thiazole rings is 1. The van der Waals surface area contributed by atoms with Crippen molar-refractivity contribution in [3.8, 4) is 10.6 Å². The van der Waals surface area contributed by atoms with Gasteiger partial charge in [-0.25, -0.2) is 9.37 Å². The van der Waals surface area contributed by atoms with Gasteiger partial charge in [0.1, 0.15) is 16.9 Å². The Morgan fingerprint density at radius 1 is 1.13 bits per heavy atom. The van der Waals surface area contributed by atoms with Gasteiger partial charge in [-0.1, -0.05) is 44.2 Å². The van der Waals surface area contributed by atoms with Crippen molar-refractivity contribution in [3.63, 3.8) is 0 Å². The van der Waals surface area contributed by atoms with Crippen LogP contribution in [0.4, 0.5) is 4.39 Å². The van der Waals surface area contributed by atoms with E-state index < -0.39 is 0 Å². The van der Waals surface area contributed by atoms with Crippen molar-refractivity contribution in [2.45, 2.75) is 32.9 Å². The van der Waals surface area contributed by atoms with Crippen LogP contribution in [0.25, 0.3) is 10.6 Å². The molecule has 0 bridgehead atoms. The number of rotatable bonds is 6. The summed E-state index contributed by atoms with van der Waals surface area (Å²) < 4.78 is 13.2. The summed E-state index contributed by atoms with van der Waals surface area (Å²) in [6.45, 7) is 7.07. The van der Waals surface area contributed by atoms with Crippen LogP contribution in [-0.4, -0.2) is 40.3 Å². The lowest BCUT2D eigenvalue weighted by Crippen LogP contribution is -2.44. The minimum Gasteiger partial charge on any atom is -0.335 e. The second kappa shape index (κ2) is 9.06. The zero-order valence-electron chi connectivity index (χ0n) is 17.3. The molecule has 1 amide bonds. The molecule has 2 aromatic carbocycles. The monoisotopic (exact) mass is 423 g/mol. The zero-order valence-corrected chi connectivity index (χ0v) is 18.2. The van der Waals surface area contributed by atoms with Crippen LogP contribution in [0.1, 0.15) is 36.0 Å². The molecule has 2 heterocycles. The first-order valence-corrected chi connectivity index (χ1v) is 11.2. The summed E-state index contributed by atoms with van der Waals surface area (Å²) in [5.41, 5.74) is 3.01. The highest BCUT2D eigenvalue weighted by Crippen LogP contribution is 2.33. The summed E-state index contributed by atoms with van der Waals surface area (Å²) in [5, 5.41) is 0.887. The molecule has 4 rings (SSSR count). The molecule has 0 saturated heterocycles. The molecule has 4 nitrogen and oxygen atoms in total. The maximum atomic E-state index is 13.6. The topological polar surface area (TPSA) is 36.4 Å². The van der Waals surface area contributed by atoms with Crippen LogP contribution >= 0.6 is 11.3 Å². The summed E-state index contributed by atoms with van der Waals surface area (Å²) in [6.07, 6.45) is 0.749. The average molecular weight is 424 g/mol. The summed E-state index contributed by atoms with van der Waals surface area (Å²) in [7, 11) is 0. The number of amides is 1. The van der Waals surface area contributed by atoms with E-state index in [-0.39, 0.29) is 17.8 Å². The molecule has 0 aliphatic carbocycles. The van der Waals surface area contributed by atoms with Gasteiger partial charge in [-0.05, 0) is 42.9 Å². The number of benzene rings is 2. The highest BCUT2D eigenvalue weighted by atomic mass is 32.1. The maximum absolute atomic E-state index is 13.6. The van der Waals surface area contributed by atoms with Gasteiger partial charge in [0.25, 0.3) is 0 Å². The third-order valence-electron chi connectivity index (χ3n) is 5.66. The van der Waals surface area contributed by atoms with E-state index in [1.807, 2.05) is 35.2 Å². The lowest BCUT2D eigenvalue weighted by molar-refractivity contribution is -0.138. The van der Waals surface area contributed by atoms with E-state index in [0.29, 0.717) is 13.1 Å². The Hall–Kier alpha value is -2.57. The fraction of sp³-hybridized carbons (Fsp3) is 0.333. The van der Waals surface area contributed by atoms with E-state index >= 15 is 0 Å². The molecule has 1 atom stereocenters. The van der Waals surface area contributed by atoms with E-state index in [4.69, 9.17) is 4.98 Å². The van der Waals surface area contributed by atoms with Crippen molar-refractivity contribution in [1.29, 1.82) is 0 Å². The first-order chi connectivity index (χ1) is 14.6. The minimum absolute atomic E-state index is 0.146. The first-order valence-electron chi connectivity index (χ1n) is 10.4. The molecule has 1 aliphatic rings. The van der Waals surface area contributed by atoms with Crippen LogP contribution in [0, 0.1) is 5.82 Å². The van der Waals surface area contributed by atoms with E-state index in [0.717, 1.165) is 46.2 Å². The molecular weight excluding hydrogens is 397 g/mol. The number of hydrogen-bond donors (Lipinski definition) is 0. The number of halogens is 1. The fourth-order valence-electron chi connectivity index (χ4n) is 4.01. The summed E-state index contributed by atoms with van der Waals surface area (Å²) in [4.78, 5) is 23.7. The predicted octanol–water partition coefficient (Wildman–Crippen LogP) is 4.92. The Kier molecular flexibility index (Phi) is 6.25. The molecule has 3 aromatic rings. The van der Waals surface area contributed by atoms with Gasteiger partial charge in [-0.3, -0.25) is 9.69 Å². The second-order valence-electron chi connectivity index (χ2n) is 7.44. The highest BCUT2D eigenvalue weighted by Gasteiger charge is 2.32. The number of carbonyl (C=O) groups is 1. The molecular formula is C24H26FN3OS. The summed E-state index contributed by atoms with van der Waals surface area (Å²) >= 11 is 1.60. The molecule has 0 saturated carbocycles. The Morgan fingerprint density at radius 2 is 1.83 bits per heavy atom. The maximum Gasteiger partial charge on any atom is 0.244 e. The Morgan fingerprint density at radius 3 is 2.50 bits per heavy atom. The van der Waals surface area contributed by atoms with Crippen molar-refractivity contribution < 1.29 is 9.18 Å². The van der Waals surface area contributed by atoms with Crippen LogP contribution in [0.5, 0.6) is 0 Å². The average Bonchev–Trinajstić information content (AvgIpc) is 3.21. The third-order valence-corrected chi connectivity index (χ3v) is 6.79. The number of carbonyl (C=O) groups excluding carboxylic acids is 1. The smallest absolute Gasteiger partial charge is 0.244 e. The number of aromatic nitrogens is 1. The lowest BCUT2D eigenvalue weighted by Gasteiger charge is -2.35. The number of nitrogens with zero attached hydrogens (tertiary/aromatic N) is 3. The molecule has 0 spiro atoms. The van der Waals surface area contributed by atoms with Crippen molar-refractivity contribution in [3.05, 3.63) is 76.5 Å². The largest absolute Gasteiger partial charge is 0.335 e. The van der Waals surface area contributed by atoms with Crippen molar-refractivity contribution in [2.24, 2.45) is 0 Å². The molecule has 1 aliphatic heterocycles. The van der Waals surface area contributed by atoms with Crippen molar-refractivity contribution in [2.75, 3.05) is 19.6 Å². The van der Waals surface area contributed by atoms with Crippen LogP contribution in [0.15, 0.2) is 54.6 Å². The molecule has 30 heavy (non-hydrogen) atoms. The Balaban J connectivity index is 1.58. The van der Waals surface area contributed by atoms with Gasteiger partial charge in [0, 0.05) is 23.4 Å². The molecule has 0 radical (unpaired) electrons. The summed E-state index contributed by atoms with van der Waals surface area (Å²) in [5.74, 6) is -0.104. The van der Waals surface area contributed by atoms with Crippen molar-refractivity contribution >= 4 is 17.2 Å². The Bertz CT molecular complexity index is 999. The standard InChI is InChI=1S/C24H26FN3OS/c1-3-27(4-2)22(17-8-6-5-7-9-17)24(29)28-15-14-20-21(16-28)30-23(26-20)18-10-12-19(25)13-11-18/h5-13,22H,3-4,14-16H2,1-2H3/t22-/m0/s1. The quantitative estimate of drug-likeness (QED) is 0.565. The van der Waals surface area contributed by atoms with E-state index in [2.05, 4.69) is 18.7 Å². The van der Waals surface area contributed by atoms with Gasteiger partial charge in [0.2, 0.25) is 5.91 Å². The first kappa shape index (κ1) is 20.7. The lowest BCUT2D eigenvalue weighted by atomic mass is 10.0. The third kappa shape index (κ3) is 4.16. The fourth-order valence-corrected chi connectivity index (χ4v) is 5.14. The van der Waals surface area contributed by atoms with Gasteiger partial charge in [-0.2, -0.15) is 0 Å². The van der Waals surface area contributed by atoms with Gasteiger partial charge in [-0.15, -0.1) is 11.3 Å². The molecule has 6 heteroatoms. The van der Waals surface area contributed by atoms with Crippen LogP contribution < -0.4 is 0 Å². The van der Waals surface area contributed by atoms with Crippen LogP contribution in [-0.2, 0) is 17.8 Å². The molecule has 0 N–H and O–H groups in total. The molecule has 156 valence electrons. The van der Waals surface area contributed by atoms with E-state index in [1.54, 1.807) is 23.5 Å². The SMILES string of the molecule is CCN(CC)[C@H](C(=O)N1CCc2nc(-c3ccc(F)cc3)sc2C1)c1ccccc1. The number of hydrogen-bond acceptors (Lipinski definition) is 4. The van der Waals surface area contributed by atoms with Crippen molar-refractivity contribution in [1.82, 2.24) is 14.8 Å². The zero-order chi connectivity index (χ0) is 21.1. The van der Waals surface area contributed by atoms with Crippen LogP contribution in [0.3, 0.4) is 0 Å². The summed E-state index contributed by atoms with van der Waals surface area (Å²) in [6, 6.07) is 16.2. The molecule has 0 unspecified atom stereocenters. The highest BCUT2D eigenvalue weighted by molar-refractivity contribution is 7.15. The predicted molar refractivity (Wildman–Crippen MR) is 119 cm³/mol. The van der Waals surface area contributed by atoms with E-state index in [1.165, 1.54) is 12.1 Å². The second-order valence-corrected chi connectivity index (χ2v) is 8.52. The van der Waals surface area contributed by atoms with Gasteiger partial charge in [0.05, 0.1) is 12.2 Å². The van der Waals surface area contributed by atoms with E-state index in [9.17, 15) is 9.18 Å². The Labute approximate surface area is 181 Å². The normalized spacial score (nSPS) is 14.6. The van der Waals surface area contributed by atoms with Gasteiger partial charge < -0.3 is 4.90 Å². The molecule has 0 fully saturated rings. The number of likely N-dealkylation sites (N-methyl/N-ethyl adjacent to an activating group) is 1. The van der Waals surface area contributed by atoms with Gasteiger partial charge >= 0.3 is 0 Å².